The van der Waals surface area contributed by atoms with Crippen LogP contribution in [0.15, 0.2) is 24.3 Å². The number of hydrogen-bond donors (Lipinski definition) is 0. The molecule has 0 saturated carbocycles. The van der Waals surface area contributed by atoms with Crippen LogP contribution in [0.5, 0.6) is 0 Å². The Balaban J connectivity index is 1.75. The molecule has 1 aromatic rings. The molecule has 2 bridgehead atoms. The maximum absolute atomic E-state index is 2.53. The highest BCUT2D eigenvalue weighted by atomic mass is 15.1. The van der Waals surface area contributed by atoms with Crippen molar-refractivity contribution in [2.75, 3.05) is 13.6 Å². The SMILES string of the molecule is CC(C)CCN(C)Cc1ccccc1B1C2CCCC1CCC2. The van der Waals surface area contributed by atoms with E-state index in [1.165, 1.54) is 51.5 Å². The third-order valence-corrected chi connectivity index (χ3v) is 6.26. The molecule has 2 heteroatoms. The van der Waals surface area contributed by atoms with Gasteiger partial charge in [-0.1, -0.05) is 93.7 Å². The van der Waals surface area contributed by atoms with Crippen LogP contribution in [0.25, 0.3) is 0 Å². The summed E-state index contributed by atoms with van der Waals surface area (Å²) in [5, 5.41) is 0. The van der Waals surface area contributed by atoms with E-state index in [9.17, 15) is 0 Å². The van der Waals surface area contributed by atoms with Crippen molar-refractivity contribution < 1.29 is 0 Å². The Kier molecular flexibility index (Phi) is 5.85. The van der Waals surface area contributed by atoms with Crippen molar-refractivity contribution in [1.29, 1.82) is 0 Å². The summed E-state index contributed by atoms with van der Waals surface area (Å²) in [4.78, 5) is 2.53. The van der Waals surface area contributed by atoms with Crippen LogP contribution in [-0.2, 0) is 6.54 Å². The van der Waals surface area contributed by atoms with Gasteiger partial charge in [0.05, 0.1) is 0 Å². The van der Waals surface area contributed by atoms with Crippen molar-refractivity contribution in [2.45, 2.75) is 77.0 Å². The molecule has 23 heavy (non-hydrogen) atoms. The van der Waals surface area contributed by atoms with Crippen LogP contribution in [0.3, 0.4) is 0 Å². The minimum absolute atomic E-state index is 0.797. The fourth-order valence-electron chi connectivity index (χ4n) is 5.04. The molecule has 2 aliphatic heterocycles. The normalized spacial score (nSPS) is 24.5. The molecule has 3 rings (SSSR count). The molecule has 0 unspecified atom stereocenters. The molecule has 0 amide bonds. The van der Waals surface area contributed by atoms with Gasteiger partial charge in [-0.15, -0.1) is 0 Å². The molecule has 0 aliphatic carbocycles. The predicted octanol–water partition coefficient (Wildman–Crippen LogP) is 4.97. The Morgan fingerprint density at radius 2 is 1.65 bits per heavy atom. The lowest BCUT2D eigenvalue weighted by atomic mass is 9.24. The van der Waals surface area contributed by atoms with Crippen LogP contribution in [0.4, 0.5) is 0 Å². The first-order chi connectivity index (χ1) is 11.1. The van der Waals surface area contributed by atoms with E-state index in [2.05, 4.69) is 50.1 Å². The molecule has 0 N–H and O–H groups in total. The maximum Gasteiger partial charge on any atom is 0.182 e. The largest absolute Gasteiger partial charge is 0.302 e. The van der Waals surface area contributed by atoms with E-state index < -0.39 is 0 Å². The average Bonchev–Trinajstić information content (AvgIpc) is 2.53. The molecule has 1 nitrogen and oxygen atoms in total. The Bertz CT molecular complexity index is 476. The Morgan fingerprint density at radius 1 is 1.04 bits per heavy atom. The molecule has 0 aromatic heterocycles. The van der Waals surface area contributed by atoms with Crippen LogP contribution in [0.2, 0.25) is 11.6 Å². The van der Waals surface area contributed by atoms with Crippen molar-refractivity contribution in [3.05, 3.63) is 29.8 Å². The van der Waals surface area contributed by atoms with Crippen molar-refractivity contribution in [3.63, 3.8) is 0 Å². The molecule has 2 saturated heterocycles. The van der Waals surface area contributed by atoms with Crippen LogP contribution >= 0.6 is 0 Å². The molecule has 0 spiro atoms. The van der Waals surface area contributed by atoms with Crippen molar-refractivity contribution in [3.8, 4) is 0 Å². The molecule has 2 aliphatic rings. The van der Waals surface area contributed by atoms with E-state index in [1.54, 1.807) is 11.0 Å². The van der Waals surface area contributed by atoms with Crippen LogP contribution < -0.4 is 5.46 Å². The molecule has 126 valence electrons. The van der Waals surface area contributed by atoms with E-state index in [4.69, 9.17) is 0 Å². The van der Waals surface area contributed by atoms with Crippen LogP contribution in [0, 0.1) is 5.92 Å². The second-order valence-electron chi connectivity index (χ2n) is 8.53. The second-order valence-corrected chi connectivity index (χ2v) is 8.53. The minimum Gasteiger partial charge on any atom is -0.302 e. The summed E-state index contributed by atoms with van der Waals surface area (Å²) in [6.07, 6.45) is 10.1. The number of benzene rings is 1. The minimum atomic E-state index is 0.797. The highest BCUT2D eigenvalue weighted by Crippen LogP contribution is 2.46. The van der Waals surface area contributed by atoms with Gasteiger partial charge in [0.1, 0.15) is 0 Å². The highest BCUT2D eigenvalue weighted by Gasteiger charge is 2.40. The lowest BCUT2D eigenvalue weighted by molar-refractivity contribution is 0.304. The second kappa shape index (κ2) is 7.88. The maximum atomic E-state index is 2.53. The summed E-state index contributed by atoms with van der Waals surface area (Å²) in [5.41, 5.74) is 3.29. The van der Waals surface area contributed by atoms with Gasteiger partial charge in [-0.3, -0.25) is 0 Å². The zero-order chi connectivity index (χ0) is 16.2. The van der Waals surface area contributed by atoms with Gasteiger partial charge in [0, 0.05) is 6.54 Å². The number of fused-ring (bicyclic) bond motifs is 2. The Morgan fingerprint density at radius 3 is 2.26 bits per heavy atom. The van der Waals surface area contributed by atoms with E-state index in [0.717, 1.165) is 30.8 Å². The number of rotatable bonds is 6. The molecule has 1 aromatic carbocycles. The summed E-state index contributed by atoms with van der Waals surface area (Å²) >= 11 is 0. The number of nitrogens with zero attached hydrogens (tertiary/aromatic N) is 1. The molecule has 0 atom stereocenters. The summed E-state index contributed by atoms with van der Waals surface area (Å²) in [5.74, 6) is 2.72. The zero-order valence-corrected chi connectivity index (χ0v) is 15.4. The monoisotopic (exact) mass is 311 g/mol. The van der Waals surface area contributed by atoms with E-state index in [0.29, 0.717) is 0 Å². The summed E-state index contributed by atoms with van der Waals surface area (Å²) in [7, 11) is 2.29. The third-order valence-electron chi connectivity index (χ3n) is 6.26. The summed E-state index contributed by atoms with van der Waals surface area (Å²) in [6, 6.07) is 9.36. The van der Waals surface area contributed by atoms with Crippen LogP contribution in [-0.4, -0.2) is 25.2 Å². The van der Waals surface area contributed by atoms with E-state index >= 15 is 0 Å². The fraction of sp³-hybridized carbons (Fsp3) is 0.714. The molecule has 2 heterocycles. The number of hydrogen-bond acceptors (Lipinski definition) is 1. The summed E-state index contributed by atoms with van der Waals surface area (Å²) < 4.78 is 0. The van der Waals surface area contributed by atoms with E-state index in [-0.39, 0.29) is 0 Å². The standard InChI is InChI=1S/C21H34BN/c1-17(2)14-15-23(3)16-18-8-4-5-13-21(18)22-19-9-6-10-20(22)12-7-11-19/h4-5,8,13,17,19-20H,6-7,9-12,14-16H2,1-3H3. The van der Waals surface area contributed by atoms with Crippen molar-refractivity contribution in [1.82, 2.24) is 4.90 Å². The van der Waals surface area contributed by atoms with Gasteiger partial charge in [0.15, 0.2) is 6.71 Å². The van der Waals surface area contributed by atoms with Crippen molar-refractivity contribution in [2.24, 2.45) is 5.92 Å². The first-order valence-electron chi connectivity index (χ1n) is 9.91. The Labute approximate surface area is 143 Å². The highest BCUT2D eigenvalue weighted by molar-refractivity contribution is 6.76. The lowest BCUT2D eigenvalue weighted by Crippen LogP contribution is -2.46. The van der Waals surface area contributed by atoms with E-state index in [1.807, 2.05) is 0 Å². The van der Waals surface area contributed by atoms with Crippen molar-refractivity contribution >= 4 is 12.2 Å². The smallest absolute Gasteiger partial charge is 0.182 e. The molecule has 2 fully saturated rings. The topological polar surface area (TPSA) is 3.24 Å². The van der Waals surface area contributed by atoms with Crippen LogP contribution in [0.1, 0.15) is 64.4 Å². The van der Waals surface area contributed by atoms with Gasteiger partial charge in [-0.2, -0.15) is 0 Å². The Hall–Kier alpha value is -0.755. The predicted molar refractivity (Wildman–Crippen MR) is 103 cm³/mol. The fourth-order valence-corrected chi connectivity index (χ4v) is 5.04. The van der Waals surface area contributed by atoms with Gasteiger partial charge < -0.3 is 4.90 Å². The molecule has 0 radical (unpaired) electrons. The first-order valence-corrected chi connectivity index (χ1v) is 9.91. The first kappa shape index (κ1) is 17.1. The zero-order valence-electron chi connectivity index (χ0n) is 15.4. The average molecular weight is 311 g/mol. The van der Waals surface area contributed by atoms with Gasteiger partial charge >= 0.3 is 0 Å². The quantitative estimate of drug-likeness (QED) is 0.670. The third kappa shape index (κ3) is 4.21. The molecular weight excluding hydrogens is 277 g/mol. The van der Waals surface area contributed by atoms with Gasteiger partial charge in [0.2, 0.25) is 0 Å². The van der Waals surface area contributed by atoms with Gasteiger partial charge in [-0.05, 0) is 31.5 Å². The molecular formula is C21H34BN. The van der Waals surface area contributed by atoms with Gasteiger partial charge in [-0.25, -0.2) is 0 Å². The lowest BCUT2D eigenvalue weighted by Gasteiger charge is -2.41. The van der Waals surface area contributed by atoms with Gasteiger partial charge in [0.25, 0.3) is 0 Å². The summed E-state index contributed by atoms with van der Waals surface area (Å²) in [6.45, 7) is 7.84.